The van der Waals surface area contributed by atoms with Crippen molar-refractivity contribution in [3.05, 3.63) is 34.9 Å². The molecule has 0 heterocycles. The van der Waals surface area contributed by atoms with Gasteiger partial charge < -0.3 is 0 Å². The van der Waals surface area contributed by atoms with Gasteiger partial charge in [-0.15, -0.1) is 11.8 Å². The van der Waals surface area contributed by atoms with E-state index in [2.05, 4.69) is 0 Å². The standard InChI is InChI=1S/C11H13ClOS2/c1-11(15-3,10(13)14-2)8-4-6-9(12)7-5-8/h4-7H,1-3H3/t11-/m0/s1. The van der Waals surface area contributed by atoms with Crippen LogP contribution < -0.4 is 0 Å². The summed E-state index contributed by atoms with van der Waals surface area (Å²) in [6.45, 7) is 1.94. The second kappa shape index (κ2) is 5.28. The van der Waals surface area contributed by atoms with E-state index in [0.29, 0.717) is 5.02 Å². The topological polar surface area (TPSA) is 17.1 Å². The summed E-state index contributed by atoms with van der Waals surface area (Å²) >= 11 is 8.63. The maximum Gasteiger partial charge on any atom is 0.208 e. The molecule has 0 fully saturated rings. The van der Waals surface area contributed by atoms with Gasteiger partial charge in [-0.2, -0.15) is 0 Å². The Bertz CT molecular complexity index is 350. The highest BCUT2D eigenvalue weighted by Crippen LogP contribution is 2.38. The fourth-order valence-electron chi connectivity index (χ4n) is 1.28. The lowest BCUT2D eigenvalue weighted by Gasteiger charge is -2.25. The van der Waals surface area contributed by atoms with E-state index in [1.165, 1.54) is 11.8 Å². The van der Waals surface area contributed by atoms with Crippen LogP contribution in [0.15, 0.2) is 24.3 Å². The first-order valence-corrected chi connectivity index (χ1v) is 7.27. The first kappa shape index (κ1) is 12.9. The molecule has 0 aliphatic carbocycles. The molecule has 15 heavy (non-hydrogen) atoms. The van der Waals surface area contributed by atoms with Gasteiger partial charge in [0.2, 0.25) is 5.12 Å². The summed E-state index contributed by atoms with van der Waals surface area (Å²) in [5.74, 6) is 0. The quantitative estimate of drug-likeness (QED) is 0.823. The van der Waals surface area contributed by atoms with Crippen LogP contribution >= 0.6 is 35.1 Å². The summed E-state index contributed by atoms with van der Waals surface area (Å²) in [6.07, 6.45) is 3.76. The van der Waals surface area contributed by atoms with E-state index in [9.17, 15) is 4.79 Å². The molecular formula is C11H13ClOS2. The lowest BCUT2D eigenvalue weighted by atomic mass is 10.0. The predicted molar refractivity (Wildman–Crippen MR) is 70.8 cm³/mol. The molecule has 0 spiro atoms. The van der Waals surface area contributed by atoms with Crippen LogP contribution in [-0.2, 0) is 9.54 Å². The van der Waals surface area contributed by atoms with Gasteiger partial charge in [0, 0.05) is 5.02 Å². The van der Waals surface area contributed by atoms with Crippen molar-refractivity contribution in [1.82, 2.24) is 0 Å². The van der Waals surface area contributed by atoms with E-state index in [0.717, 1.165) is 5.56 Å². The third-order valence-electron chi connectivity index (χ3n) is 2.38. The van der Waals surface area contributed by atoms with Crippen LogP contribution in [0.1, 0.15) is 12.5 Å². The van der Waals surface area contributed by atoms with Crippen LogP contribution in [0.2, 0.25) is 5.02 Å². The Labute approximate surface area is 104 Å². The molecule has 1 rings (SSSR count). The van der Waals surface area contributed by atoms with Crippen LogP contribution in [0.25, 0.3) is 0 Å². The molecular weight excluding hydrogens is 248 g/mol. The molecule has 0 radical (unpaired) electrons. The zero-order chi connectivity index (χ0) is 11.5. The van der Waals surface area contributed by atoms with E-state index in [4.69, 9.17) is 11.6 Å². The Morgan fingerprint density at radius 1 is 1.27 bits per heavy atom. The van der Waals surface area contributed by atoms with Crippen molar-refractivity contribution in [3.8, 4) is 0 Å². The number of hydrogen-bond acceptors (Lipinski definition) is 3. The van der Waals surface area contributed by atoms with Gasteiger partial charge in [0.1, 0.15) is 4.75 Å². The van der Waals surface area contributed by atoms with Crippen LogP contribution in [0.4, 0.5) is 0 Å². The third-order valence-corrected chi connectivity index (χ3v) is 4.78. The Morgan fingerprint density at radius 2 is 1.80 bits per heavy atom. The van der Waals surface area contributed by atoms with Crippen molar-refractivity contribution in [2.45, 2.75) is 11.7 Å². The average Bonchev–Trinajstić information content (AvgIpc) is 2.27. The number of benzene rings is 1. The van der Waals surface area contributed by atoms with Gasteiger partial charge in [-0.25, -0.2) is 0 Å². The highest BCUT2D eigenvalue weighted by Gasteiger charge is 2.33. The summed E-state index contributed by atoms with van der Waals surface area (Å²) in [5.41, 5.74) is 0.999. The van der Waals surface area contributed by atoms with Gasteiger partial charge in [-0.05, 0) is 37.1 Å². The highest BCUT2D eigenvalue weighted by molar-refractivity contribution is 8.15. The molecule has 1 nitrogen and oxygen atoms in total. The van der Waals surface area contributed by atoms with Crippen molar-refractivity contribution < 1.29 is 4.79 Å². The summed E-state index contributed by atoms with van der Waals surface area (Å²) in [4.78, 5) is 11.9. The number of carbonyl (C=O) groups is 1. The molecule has 0 bridgehead atoms. The number of hydrogen-bond donors (Lipinski definition) is 0. The summed E-state index contributed by atoms with van der Waals surface area (Å²) in [7, 11) is 0. The monoisotopic (exact) mass is 260 g/mol. The molecule has 1 aromatic carbocycles. The van der Waals surface area contributed by atoms with Crippen LogP contribution in [0.5, 0.6) is 0 Å². The van der Waals surface area contributed by atoms with Crippen molar-refractivity contribution in [3.63, 3.8) is 0 Å². The molecule has 82 valence electrons. The minimum Gasteiger partial charge on any atom is -0.285 e. The van der Waals surface area contributed by atoms with Gasteiger partial charge in [-0.1, -0.05) is 35.5 Å². The maximum absolute atomic E-state index is 11.9. The van der Waals surface area contributed by atoms with Crippen LogP contribution in [-0.4, -0.2) is 17.6 Å². The molecule has 0 amide bonds. The minimum atomic E-state index is -0.482. The van der Waals surface area contributed by atoms with Crippen LogP contribution in [0.3, 0.4) is 0 Å². The fourth-order valence-corrected chi connectivity index (χ4v) is 2.95. The van der Waals surface area contributed by atoms with E-state index >= 15 is 0 Å². The number of carbonyl (C=O) groups excluding carboxylic acids is 1. The number of halogens is 1. The first-order chi connectivity index (χ1) is 7.04. The molecule has 0 N–H and O–H groups in total. The van der Waals surface area contributed by atoms with E-state index in [1.807, 2.05) is 43.7 Å². The highest BCUT2D eigenvalue weighted by atomic mass is 35.5. The molecule has 4 heteroatoms. The van der Waals surface area contributed by atoms with E-state index in [1.54, 1.807) is 11.8 Å². The SMILES string of the molecule is CSC(=O)[C@@](C)(SC)c1ccc(Cl)cc1. The fraction of sp³-hybridized carbons (Fsp3) is 0.364. The number of thioether (sulfide) groups is 2. The van der Waals surface area contributed by atoms with Gasteiger partial charge >= 0.3 is 0 Å². The third kappa shape index (κ3) is 2.71. The normalized spacial score (nSPS) is 14.7. The molecule has 0 saturated heterocycles. The zero-order valence-corrected chi connectivity index (χ0v) is 11.3. The average molecular weight is 261 g/mol. The molecule has 1 atom stereocenters. The summed E-state index contributed by atoms with van der Waals surface area (Å²) in [6, 6.07) is 7.46. The molecule has 0 aliphatic rings. The Hall–Kier alpha value is -0.120. The molecule has 1 aromatic rings. The minimum absolute atomic E-state index is 0.164. The van der Waals surface area contributed by atoms with Gasteiger partial charge in [-0.3, -0.25) is 4.79 Å². The second-order valence-corrected chi connectivity index (χ2v) is 5.68. The van der Waals surface area contributed by atoms with Crippen molar-refractivity contribution in [2.75, 3.05) is 12.5 Å². The number of rotatable bonds is 3. The molecule has 0 unspecified atom stereocenters. The summed E-state index contributed by atoms with van der Waals surface area (Å²) < 4.78 is -0.482. The Kier molecular flexibility index (Phi) is 4.56. The molecule has 0 saturated carbocycles. The Morgan fingerprint density at radius 3 is 2.20 bits per heavy atom. The smallest absolute Gasteiger partial charge is 0.208 e. The van der Waals surface area contributed by atoms with Gasteiger partial charge in [0.15, 0.2) is 0 Å². The van der Waals surface area contributed by atoms with Gasteiger partial charge in [0.05, 0.1) is 0 Å². The lowest BCUT2D eigenvalue weighted by Crippen LogP contribution is -2.25. The Balaban J connectivity index is 3.11. The van der Waals surface area contributed by atoms with Crippen molar-refractivity contribution >= 4 is 40.2 Å². The second-order valence-electron chi connectivity index (χ2n) is 3.24. The lowest BCUT2D eigenvalue weighted by molar-refractivity contribution is -0.112. The van der Waals surface area contributed by atoms with Crippen LogP contribution in [0, 0.1) is 0 Å². The van der Waals surface area contributed by atoms with E-state index in [-0.39, 0.29) is 5.12 Å². The predicted octanol–water partition coefficient (Wildman–Crippen LogP) is 3.81. The molecule has 0 aliphatic heterocycles. The maximum atomic E-state index is 11.9. The van der Waals surface area contributed by atoms with Crippen molar-refractivity contribution in [1.29, 1.82) is 0 Å². The first-order valence-electron chi connectivity index (χ1n) is 4.44. The molecule has 0 aromatic heterocycles. The zero-order valence-electron chi connectivity index (χ0n) is 8.91. The van der Waals surface area contributed by atoms with E-state index < -0.39 is 4.75 Å². The largest absolute Gasteiger partial charge is 0.285 e. The van der Waals surface area contributed by atoms with Crippen molar-refractivity contribution in [2.24, 2.45) is 0 Å². The van der Waals surface area contributed by atoms with Gasteiger partial charge in [0.25, 0.3) is 0 Å². The summed E-state index contributed by atoms with van der Waals surface area (Å²) in [5, 5.41) is 0.858.